The van der Waals surface area contributed by atoms with Gasteiger partial charge in [0, 0.05) is 5.56 Å². The van der Waals surface area contributed by atoms with Gasteiger partial charge in [0.25, 0.3) is 5.91 Å². The summed E-state index contributed by atoms with van der Waals surface area (Å²) in [6.07, 6.45) is 0. The highest BCUT2D eigenvalue weighted by molar-refractivity contribution is 7.94. The smallest absolute Gasteiger partial charge is 0.255 e. The van der Waals surface area contributed by atoms with Crippen molar-refractivity contribution in [3.63, 3.8) is 0 Å². The van der Waals surface area contributed by atoms with E-state index in [0.717, 1.165) is 4.31 Å². The Labute approximate surface area is 150 Å². The highest BCUT2D eigenvalue weighted by atomic mass is 35.5. The molecule has 130 valence electrons. The zero-order chi connectivity index (χ0) is 18.2. The van der Waals surface area contributed by atoms with Crippen molar-refractivity contribution in [2.24, 2.45) is 5.92 Å². The van der Waals surface area contributed by atoms with Crippen LogP contribution in [0.2, 0.25) is 5.02 Å². The number of halogens is 1. The van der Waals surface area contributed by atoms with E-state index in [4.69, 9.17) is 11.6 Å². The largest absolute Gasteiger partial charge is 0.321 e. The van der Waals surface area contributed by atoms with Crippen molar-refractivity contribution in [2.75, 3.05) is 15.4 Å². The fourth-order valence-corrected chi connectivity index (χ4v) is 4.61. The van der Waals surface area contributed by atoms with E-state index in [1.165, 1.54) is 24.3 Å². The molecule has 1 aliphatic rings. The van der Waals surface area contributed by atoms with Crippen LogP contribution in [0.4, 0.5) is 11.4 Å². The number of para-hydroxylation sites is 1. The molecule has 2 aromatic rings. The molecule has 1 heterocycles. The second-order valence-corrected chi connectivity index (χ2v) is 8.04. The number of amides is 2. The normalized spacial score (nSPS) is 19.0. The molecule has 1 saturated heterocycles. The first-order chi connectivity index (χ1) is 11.8. The van der Waals surface area contributed by atoms with E-state index in [9.17, 15) is 18.0 Å². The van der Waals surface area contributed by atoms with Gasteiger partial charge in [0.05, 0.1) is 28.1 Å². The molecule has 0 radical (unpaired) electrons. The molecular formula is C17H15ClN2O4S. The highest BCUT2D eigenvalue weighted by Gasteiger charge is 2.42. The molecule has 0 aliphatic carbocycles. The van der Waals surface area contributed by atoms with Gasteiger partial charge in [-0.3, -0.25) is 9.59 Å². The average molecular weight is 379 g/mol. The van der Waals surface area contributed by atoms with Gasteiger partial charge in [0.2, 0.25) is 15.9 Å². The first kappa shape index (κ1) is 17.4. The maximum Gasteiger partial charge on any atom is 0.255 e. The monoisotopic (exact) mass is 378 g/mol. The Bertz CT molecular complexity index is 959. The molecule has 3 rings (SSSR count). The number of carbonyl (C=O) groups is 2. The predicted molar refractivity (Wildman–Crippen MR) is 96.3 cm³/mol. The second-order valence-electron chi connectivity index (χ2n) is 5.77. The number of nitrogens with one attached hydrogen (secondary N) is 1. The summed E-state index contributed by atoms with van der Waals surface area (Å²) in [4.78, 5) is 24.6. The van der Waals surface area contributed by atoms with Crippen LogP contribution in [0.15, 0.2) is 48.5 Å². The number of sulfonamides is 1. The van der Waals surface area contributed by atoms with Gasteiger partial charge in [0.1, 0.15) is 0 Å². The van der Waals surface area contributed by atoms with Crippen molar-refractivity contribution >= 4 is 44.8 Å². The quantitative estimate of drug-likeness (QED) is 0.890. The molecule has 6 nitrogen and oxygen atoms in total. The van der Waals surface area contributed by atoms with Crippen molar-refractivity contribution in [3.05, 3.63) is 59.1 Å². The zero-order valence-electron chi connectivity index (χ0n) is 13.3. The molecule has 0 spiro atoms. The molecule has 2 amide bonds. The van der Waals surface area contributed by atoms with Gasteiger partial charge in [-0.15, -0.1) is 0 Å². The molecule has 0 saturated carbocycles. The number of hydrogen-bond donors (Lipinski definition) is 1. The zero-order valence-corrected chi connectivity index (χ0v) is 14.8. The van der Waals surface area contributed by atoms with E-state index in [1.807, 2.05) is 0 Å². The molecule has 2 aromatic carbocycles. The van der Waals surface area contributed by atoms with Crippen LogP contribution in [0.5, 0.6) is 0 Å². The molecule has 1 N–H and O–H groups in total. The van der Waals surface area contributed by atoms with Crippen LogP contribution in [0.25, 0.3) is 0 Å². The maximum atomic E-state index is 12.4. The molecule has 1 aliphatic heterocycles. The van der Waals surface area contributed by atoms with Crippen LogP contribution < -0.4 is 9.62 Å². The number of anilines is 2. The van der Waals surface area contributed by atoms with Crippen molar-refractivity contribution < 1.29 is 18.0 Å². The Hall–Kier alpha value is -2.38. The van der Waals surface area contributed by atoms with E-state index >= 15 is 0 Å². The van der Waals surface area contributed by atoms with Crippen LogP contribution >= 0.6 is 11.6 Å². The highest BCUT2D eigenvalue weighted by Crippen LogP contribution is 2.29. The Morgan fingerprint density at radius 2 is 1.92 bits per heavy atom. The van der Waals surface area contributed by atoms with Crippen molar-refractivity contribution in [2.45, 2.75) is 6.92 Å². The number of hydrogen-bond acceptors (Lipinski definition) is 4. The van der Waals surface area contributed by atoms with Gasteiger partial charge < -0.3 is 5.32 Å². The van der Waals surface area contributed by atoms with Gasteiger partial charge in [-0.2, -0.15) is 0 Å². The minimum absolute atomic E-state index is 0.154. The first-order valence-electron chi connectivity index (χ1n) is 7.52. The number of rotatable bonds is 3. The Morgan fingerprint density at radius 3 is 2.56 bits per heavy atom. The molecule has 8 heteroatoms. The van der Waals surface area contributed by atoms with Crippen LogP contribution in [-0.4, -0.2) is 26.0 Å². The van der Waals surface area contributed by atoms with Crippen LogP contribution in [0, 0.1) is 5.92 Å². The Balaban J connectivity index is 1.91. The van der Waals surface area contributed by atoms with Crippen molar-refractivity contribution in [1.82, 2.24) is 0 Å². The summed E-state index contributed by atoms with van der Waals surface area (Å²) in [6, 6.07) is 12.7. The third-order valence-corrected chi connectivity index (χ3v) is 6.02. The second kappa shape index (κ2) is 6.50. The van der Waals surface area contributed by atoms with Crippen LogP contribution in [-0.2, 0) is 14.8 Å². The Kier molecular flexibility index (Phi) is 4.53. The summed E-state index contributed by atoms with van der Waals surface area (Å²) < 4.78 is 25.1. The van der Waals surface area contributed by atoms with E-state index in [1.54, 1.807) is 31.2 Å². The predicted octanol–water partition coefficient (Wildman–Crippen LogP) is 2.90. The lowest BCUT2D eigenvalue weighted by molar-refractivity contribution is -0.119. The molecule has 0 bridgehead atoms. The third kappa shape index (κ3) is 3.38. The fourth-order valence-electron chi connectivity index (χ4n) is 2.62. The maximum absolute atomic E-state index is 12.4. The Morgan fingerprint density at radius 1 is 1.20 bits per heavy atom. The van der Waals surface area contributed by atoms with Crippen molar-refractivity contribution in [3.8, 4) is 0 Å². The van der Waals surface area contributed by atoms with E-state index in [-0.39, 0.29) is 17.0 Å². The summed E-state index contributed by atoms with van der Waals surface area (Å²) in [7, 11) is -3.72. The standard InChI is InChI=1S/C17H15ClN2O4S/c1-11-10-25(23,24)20(17(11)22)13-6-4-5-12(9-13)16(21)19-15-8-3-2-7-14(15)18/h2-9,11H,10H2,1H3,(H,19,21)/t11-/m0/s1. The molecule has 0 aromatic heterocycles. The SMILES string of the molecule is C[C@H]1CS(=O)(=O)N(c2cccc(C(=O)Nc3ccccc3Cl)c2)C1=O. The van der Waals surface area contributed by atoms with E-state index < -0.39 is 27.8 Å². The molecule has 1 atom stereocenters. The summed E-state index contributed by atoms with van der Waals surface area (Å²) in [5.74, 6) is -1.79. The number of benzene rings is 2. The van der Waals surface area contributed by atoms with Crippen LogP contribution in [0.1, 0.15) is 17.3 Å². The summed E-state index contributed by atoms with van der Waals surface area (Å²) in [6.45, 7) is 1.56. The topological polar surface area (TPSA) is 83.6 Å². The average Bonchev–Trinajstić information content (AvgIpc) is 2.77. The third-order valence-electron chi connectivity index (χ3n) is 3.83. The molecule has 0 unspecified atom stereocenters. The van der Waals surface area contributed by atoms with E-state index in [0.29, 0.717) is 10.7 Å². The lowest BCUT2D eigenvalue weighted by Gasteiger charge is -2.16. The number of carbonyl (C=O) groups excluding carboxylic acids is 2. The van der Waals surface area contributed by atoms with Crippen molar-refractivity contribution in [1.29, 1.82) is 0 Å². The lowest BCUT2D eigenvalue weighted by atomic mass is 10.1. The summed E-state index contributed by atoms with van der Waals surface area (Å²) >= 11 is 6.02. The van der Waals surface area contributed by atoms with E-state index in [2.05, 4.69) is 5.32 Å². The molecular weight excluding hydrogens is 364 g/mol. The number of nitrogens with zero attached hydrogens (tertiary/aromatic N) is 1. The van der Waals surface area contributed by atoms with Gasteiger partial charge in [-0.25, -0.2) is 12.7 Å². The van der Waals surface area contributed by atoms with Gasteiger partial charge in [-0.05, 0) is 30.3 Å². The molecule has 1 fully saturated rings. The van der Waals surface area contributed by atoms with Gasteiger partial charge in [-0.1, -0.05) is 36.7 Å². The lowest BCUT2D eigenvalue weighted by Crippen LogP contribution is -2.30. The first-order valence-corrected chi connectivity index (χ1v) is 9.51. The summed E-state index contributed by atoms with van der Waals surface area (Å²) in [5, 5.41) is 3.05. The molecule has 25 heavy (non-hydrogen) atoms. The van der Waals surface area contributed by atoms with Crippen LogP contribution in [0.3, 0.4) is 0 Å². The van der Waals surface area contributed by atoms with Gasteiger partial charge in [0.15, 0.2) is 0 Å². The minimum Gasteiger partial charge on any atom is -0.321 e. The fraction of sp³-hybridized carbons (Fsp3) is 0.176. The summed E-state index contributed by atoms with van der Waals surface area (Å²) in [5.41, 5.74) is 0.819. The van der Waals surface area contributed by atoms with Gasteiger partial charge >= 0.3 is 0 Å². The minimum atomic E-state index is -3.72.